The number of methoxy groups -OCH3 is 1. The second-order valence-corrected chi connectivity index (χ2v) is 9.83. The van der Waals surface area contributed by atoms with Crippen LogP contribution in [0.5, 0.6) is 5.75 Å². The van der Waals surface area contributed by atoms with Crippen molar-refractivity contribution in [2.75, 3.05) is 7.11 Å². The normalized spacial score (nSPS) is 41.8. The summed E-state index contributed by atoms with van der Waals surface area (Å²) in [6.07, 6.45) is 5.97. The van der Waals surface area contributed by atoms with E-state index in [9.17, 15) is 14.9 Å². The molecule has 6 atom stereocenters. The number of benzene rings is 1. The van der Waals surface area contributed by atoms with E-state index in [4.69, 9.17) is 9.47 Å². The molecule has 6 heteroatoms. The molecule has 156 valence electrons. The topological polar surface area (TPSA) is 78.7 Å². The molecule has 0 aromatic heterocycles. The fraction of sp³-hybridized carbons (Fsp3) is 0.696. The fourth-order valence-electron chi connectivity index (χ4n) is 8.17. The zero-order chi connectivity index (χ0) is 20.6. The van der Waals surface area contributed by atoms with Crippen LogP contribution in [0.2, 0.25) is 0 Å². The monoisotopic (exact) mass is 399 g/mol. The smallest absolute Gasteiger partial charge is 0.303 e. The van der Waals surface area contributed by atoms with Crippen molar-refractivity contribution in [1.82, 2.24) is 0 Å². The Morgan fingerprint density at radius 3 is 2.72 bits per heavy atom. The predicted octanol–water partition coefficient (Wildman–Crippen LogP) is 4.27. The summed E-state index contributed by atoms with van der Waals surface area (Å²) in [4.78, 5) is 23.9. The van der Waals surface area contributed by atoms with E-state index in [0.717, 1.165) is 37.9 Å². The van der Waals surface area contributed by atoms with E-state index < -0.39 is 11.6 Å². The van der Waals surface area contributed by atoms with E-state index in [1.165, 1.54) is 18.1 Å². The first kappa shape index (κ1) is 18.9. The lowest BCUT2D eigenvalue weighted by molar-refractivity contribution is -0.545. The Hall–Kier alpha value is -2.11. The van der Waals surface area contributed by atoms with Gasteiger partial charge in [-0.1, -0.05) is 13.0 Å². The summed E-state index contributed by atoms with van der Waals surface area (Å²) >= 11 is 0. The van der Waals surface area contributed by atoms with Gasteiger partial charge in [0.15, 0.2) is 5.60 Å². The van der Waals surface area contributed by atoms with Crippen LogP contribution in [0.4, 0.5) is 0 Å². The minimum absolute atomic E-state index is 0.124. The summed E-state index contributed by atoms with van der Waals surface area (Å²) in [7, 11) is 1.70. The molecule has 6 nitrogen and oxygen atoms in total. The third kappa shape index (κ3) is 2.15. The molecule has 5 rings (SSSR count). The molecule has 4 aliphatic carbocycles. The van der Waals surface area contributed by atoms with Gasteiger partial charge in [-0.05, 0) is 79.0 Å². The van der Waals surface area contributed by atoms with Crippen molar-refractivity contribution in [1.29, 1.82) is 0 Å². The molecule has 1 aromatic rings. The molecule has 29 heavy (non-hydrogen) atoms. The predicted molar refractivity (Wildman–Crippen MR) is 106 cm³/mol. The average Bonchev–Trinajstić information content (AvgIpc) is 3.07. The zero-order valence-electron chi connectivity index (χ0n) is 17.4. The van der Waals surface area contributed by atoms with Crippen LogP contribution in [0.3, 0.4) is 0 Å². The summed E-state index contributed by atoms with van der Waals surface area (Å²) < 4.78 is 11.3. The highest BCUT2D eigenvalue weighted by molar-refractivity contribution is 5.67. The van der Waals surface area contributed by atoms with E-state index in [-0.39, 0.29) is 21.7 Å². The lowest BCUT2D eigenvalue weighted by Gasteiger charge is -2.56. The van der Waals surface area contributed by atoms with Crippen LogP contribution in [0.15, 0.2) is 18.2 Å². The van der Waals surface area contributed by atoms with Crippen molar-refractivity contribution in [3.05, 3.63) is 39.4 Å². The van der Waals surface area contributed by atoms with Crippen LogP contribution in [-0.2, 0) is 16.0 Å². The molecule has 0 aliphatic heterocycles. The maximum absolute atomic E-state index is 12.1. The molecule has 0 N–H and O–H groups in total. The Labute approximate surface area is 171 Å². The molecule has 0 spiro atoms. The van der Waals surface area contributed by atoms with Crippen LogP contribution in [0.1, 0.15) is 69.4 Å². The average molecular weight is 399 g/mol. The first-order valence-corrected chi connectivity index (χ1v) is 10.8. The lowest BCUT2D eigenvalue weighted by Crippen LogP contribution is -2.56. The Balaban J connectivity index is 1.60. The van der Waals surface area contributed by atoms with Crippen molar-refractivity contribution in [2.24, 2.45) is 16.7 Å². The molecule has 0 radical (unpaired) electrons. The second-order valence-electron chi connectivity index (χ2n) is 9.83. The minimum Gasteiger partial charge on any atom is -0.497 e. The van der Waals surface area contributed by atoms with Gasteiger partial charge in [0.25, 0.3) is 6.04 Å². The van der Waals surface area contributed by atoms with Crippen molar-refractivity contribution >= 4 is 5.97 Å². The summed E-state index contributed by atoms with van der Waals surface area (Å²) in [5.74, 6) is 1.34. The van der Waals surface area contributed by atoms with Gasteiger partial charge in [0, 0.05) is 23.7 Å². The van der Waals surface area contributed by atoms with Crippen molar-refractivity contribution < 1.29 is 19.2 Å². The Morgan fingerprint density at radius 1 is 1.24 bits per heavy atom. The Bertz CT molecular complexity index is 899. The summed E-state index contributed by atoms with van der Waals surface area (Å²) in [5, 5.41) is 12.1. The van der Waals surface area contributed by atoms with Crippen molar-refractivity contribution in [3.8, 4) is 5.75 Å². The quantitative estimate of drug-likeness (QED) is 0.431. The van der Waals surface area contributed by atoms with Gasteiger partial charge in [-0.2, -0.15) is 0 Å². The maximum atomic E-state index is 12.1. The lowest BCUT2D eigenvalue weighted by atomic mass is 9.48. The van der Waals surface area contributed by atoms with Gasteiger partial charge in [-0.25, -0.2) is 0 Å². The number of hydrogen-bond acceptors (Lipinski definition) is 5. The number of hydrogen-bond donors (Lipinski definition) is 0. The number of nitrogens with zero attached hydrogens (tertiary/aromatic N) is 1. The molecule has 3 saturated carbocycles. The number of aryl methyl sites for hydroxylation is 1. The minimum atomic E-state index is -0.951. The molecule has 4 aliphatic rings. The molecule has 2 bridgehead atoms. The Kier molecular flexibility index (Phi) is 3.88. The maximum Gasteiger partial charge on any atom is 0.303 e. The summed E-state index contributed by atoms with van der Waals surface area (Å²) in [6, 6.07) is 5.61. The standard InChI is InChI=1S/C23H29NO5/c1-14(25)29-23-11-10-22(13-20(23)24(26)27)19-7-4-15-12-16(28-3)5-6-17(15)18(19)8-9-21(22,23)2/h5-6,12,18-20H,4,7-11,13H2,1-3H3/t18-,19-,20-,21+,22+,23+/m1/s1. The summed E-state index contributed by atoms with van der Waals surface area (Å²) in [6.45, 7) is 3.58. The first-order valence-electron chi connectivity index (χ1n) is 10.8. The van der Waals surface area contributed by atoms with Gasteiger partial charge in [-0.15, -0.1) is 0 Å². The van der Waals surface area contributed by atoms with Crippen LogP contribution in [-0.4, -0.2) is 29.6 Å². The second kappa shape index (κ2) is 5.96. The van der Waals surface area contributed by atoms with E-state index in [2.05, 4.69) is 19.1 Å². The number of carbonyl (C=O) groups excluding carboxylic acids is 1. The van der Waals surface area contributed by atoms with Crippen LogP contribution < -0.4 is 4.74 Å². The fourth-order valence-corrected chi connectivity index (χ4v) is 8.17. The van der Waals surface area contributed by atoms with Gasteiger partial charge in [0.2, 0.25) is 0 Å². The molecule has 1 aromatic carbocycles. The van der Waals surface area contributed by atoms with Crippen molar-refractivity contribution in [3.63, 3.8) is 0 Å². The first-order chi connectivity index (χ1) is 13.8. The molecule has 3 fully saturated rings. The molecular formula is C23H29NO5. The molecular weight excluding hydrogens is 370 g/mol. The van der Waals surface area contributed by atoms with E-state index in [1.54, 1.807) is 7.11 Å². The number of rotatable bonds is 3. The molecule has 0 unspecified atom stereocenters. The number of esters is 1. The molecule has 0 amide bonds. The van der Waals surface area contributed by atoms with Crippen LogP contribution >= 0.6 is 0 Å². The van der Waals surface area contributed by atoms with Gasteiger partial charge >= 0.3 is 5.97 Å². The third-order valence-corrected chi connectivity index (χ3v) is 9.28. The molecule has 0 heterocycles. The number of ether oxygens (including phenoxy) is 2. The zero-order valence-corrected chi connectivity index (χ0v) is 17.4. The highest BCUT2D eigenvalue weighted by Gasteiger charge is 2.82. The van der Waals surface area contributed by atoms with Gasteiger partial charge in [0.1, 0.15) is 5.75 Å². The largest absolute Gasteiger partial charge is 0.497 e. The SMILES string of the molecule is COc1ccc2c(c1)CC[C@@H]1[C@@H]2CC[C@@]2(C)[C@]13CC[C@]2(OC(C)=O)[C@H]([N+](=O)[O-])C3. The van der Waals surface area contributed by atoms with Crippen molar-refractivity contribution in [2.45, 2.75) is 76.4 Å². The summed E-state index contributed by atoms with van der Waals surface area (Å²) in [5.41, 5.74) is 1.36. The highest BCUT2D eigenvalue weighted by Crippen LogP contribution is 2.78. The van der Waals surface area contributed by atoms with Gasteiger partial charge < -0.3 is 9.47 Å². The number of fused-ring (bicyclic) bond motifs is 3. The van der Waals surface area contributed by atoms with Gasteiger partial charge in [-0.3, -0.25) is 14.9 Å². The molecule has 0 saturated heterocycles. The van der Waals surface area contributed by atoms with E-state index >= 15 is 0 Å². The van der Waals surface area contributed by atoms with Crippen LogP contribution in [0, 0.1) is 26.9 Å². The highest BCUT2D eigenvalue weighted by atomic mass is 16.6. The van der Waals surface area contributed by atoms with Gasteiger partial charge in [0.05, 0.1) is 7.11 Å². The number of nitro groups is 1. The third-order valence-electron chi connectivity index (χ3n) is 9.28. The van der Waals surface area contributed by atoms with E-state index in [0.29, 0.717) is 24.7 Å². The van der Waals surface area contributed by atoms with Crippen LogP contribution in [0.25, 0.3) is 0 Å². The van der Waals surface area contributed by atoms with E-state index in [1.807, 2.05) is 6.07 Å². The number of carbonyl (C=O) groups is 1. The Morgan fingerprint density at radius 2 is 2.03 bits per heavy atom.